The number of carbonyl (C=O) groups is 1. The van der Waals surface area contributed by atoms with Crippen LogP contribution >= 0.6 is 0 Å². The van der Waals surface area contributed by atoms with Crippen molar-refractivity contribution >= 4 is 5.91 Å². The van der Waals surface area contributed by atoms with Crippen molar-refractivity contribution < 1.29 is 18.0 Å². The molecule has 1 fully saturated rings. The van der Waals surface area contributed by atoms with E-state index in [4.69, 9.17) is 0 Å². The Balaban J connectivity index is 2.86. The fourth-order valence-corrected chi connectivity index (χ4v) is 1.62. The molecule has 6 heteroatoms. The highest BCUT2D eigenvalue weighted by Crippen LogP contribution is 2.26. The van der Waals surface area contributed by atoms with E-state index in [1.165, 1.54) is 0 Å². The van der Waals surface area contributed by atoms with Crippen LogP contribution in [0.3, 0.4) is 0 Å². The van der Waals surface area contributed by atoms with Gasteiger partial charge in [0.1, 0.15) is 0 Å². The third-order valence-corrected chi connectivity index (χ3v) is 2.56. The van der Waals surface area contributed by atoms with Crippen LogP contribution in [0.25, 0.3) is 0 Å². The van der Waals surface area contributed by atoms with Gasteiger partial charge in [-0.1, -0.05) is 0 Å². The Morgan fingerprint density at radius 2 is 2.00 bits per heavy atom. The Kier molecular flexibility index (Phi) is 3.00. The molecule has 0 spiro atoms. The van der Waals surface area contributed by atoms with Gasteiger partial charge in [0, 0.05) is 19.1 Å². The van der Waals surface area contributed by atoms with E-state index in [1.54, 1.807) is 20.8 Å². The summed E-state index contributed by atoms with van der Waals surface area (Å²) < 4.78 is 36.9. The Labute approximate surface area is 86.6 Å². The predicted octanol–water partition coefficient (Wildman–Crippen LogP) is 1.15. The van der Waals surface area contributed by atoms with Gasteiger partial charge in [-0.3, -0.25) is 4.79 Å². The minimum atomic E-state index is -4.78. The average molecular weight is 224 g/mol. The molecule has 3 nitrogen and oxygen atoms in total. The normalized spacial score (nSPS) is 26.5. The van der Waals surface area contributed by atoms with Gasteiger partial charge in [0.05, 0.1) is 5.54 Å². The van der Waals surface area contributed by atoms with Gasteiger partial charge in [0.25, 0.3) is 0 Å². The fourth-order valence-electron chi connectivity index (χ4n) is 1.62. The van der Waals surface area contributed by atoms with E-state index >= 15 is 0 Å². The highest BCUT2D eigenvalue weighted by Gasteiger charge is 2.48. The number of piperazine rings is 1. The van der Waals surface area contributed by atoms with Crippen molar-refractivity contribution in [3.05, 3.63) is 0 Å². The van der Waals surface area contributed by atoms with Crippen LogP contribution < -0.4 is 5.32 Å². The van der Waals surface area contributed by atoms with Crippen LogP contribution in [0, 0.1) is 0 Å². The molecule has 0 aliphatic carbocycles. The first-order valence-electron chi connectivity index (χ1n) is 4.77. The van der Waals surface area contributed by atoms with E-state index < -0.39 is 17.6 Å². The van der Waals surface area contributed by atoms with Crippen molar-refractivity contribution in [3.63, 3.8) is 0 Å². The summed E-state index contributed by atoms with van der Waals surface area (Å²) in [5.41, 5.74) is -0.793. The Morgan fingerprint density at radius 3 is 2.47 bits per heavy atom. The number of hydrogen-bond acceptors (Lipinski definition) is 2. The van der Waals surface area contributed by atoms with Crippen molar-refractivity contribution in [1.82, 2.24) is 10.2 Å². The molecule has 0 aromatic heterocycles. The van der Waals surface area contributed by atoms with Crippen LogP contribution in [-0.4, -0.2) is 41.7 Å². The molecular weight excluding hydrogens is 209 g/mol. The second-order valence-electron chi connectivity index (χ2n) is 4.51. The maximum atomic E-state index is 12.3. The summed E-state index contributed by atoms with van der Waals surface area (Å²) in [6.45, 7) is 5.46. The van der Waals surface area contributed by atoms with Gasteiger partial charge in [-0.2, -0.15) is 13.2 Å². The molecule has 0 aromatic carbocycles. The average Bonchev–Trinajstić information content (AvgIpc) is 2.06. The zero-order chi connectivity index (χ0) is 11.9. The molecule has 1 saturated heterocycles. The third-order valence-electron chi connectivity index (χ3n) is 2.56. The molecule has 1 unspecified atom stereocenters. The summed E-state index contributed by atoms with van der Waals surface area (Å²) in [4.78, 5) is 12.1. The van der Waals surface area contributed by atoms with Crippen LogP contribution in [0.2, 0.25) is 0 Å². The monoisotopic (exact) mass is 224 g/mol. The van der Waals surface area contributed by atoms with Gasteiger partial charge < -0.3 is 10.2 Å². The zero-order valence-electron chi connectivity index (χ0n) is 8.98. The maximum Gasteiger partial charge on any atom is 0.471 e. The molecule has 0 radical (unpaired) electrons. The highest BCUT2D eigenvalue weighted by molar-refractivity contribution is 5.82. The molecule has 1 heterocycles. The summed E-state index contributed by atoms with van der Waals surface area (Å²) >= 11 is 0. The first-order valence-corrected chi connectivity index (χ1v) is 4.77. The minimum Gasteiger partial charge on any atom is -0.327 e. The maximum absolute atomic E-state index is 12.3. The van der Waals surface area contributed by atoms with Gasteiger partial charge in [-0.15, -0.1) is 0 Å². The van der Waals surface area contributed by atoms with Crippen LogP contribution in [-0.2, 0) is 4.79 Å². The van der Waals surface area contributed by atoms with E-state index in [0.29, 0.717) is 6.54 Å². The number of nitrogens with zero attached hydrogens (tertiary/aromatic N) is 1. The van der Waals surface area contributed by atoms with Gasteiger partial charge in [0.15, 0.2) is 0 Å². The lowest BCUT2D eigenvalue weighted by Gasteiger charge is -2.45. The topological polar surface area (TPSA) is 32.3 Å². The van der Waals surface area contributed by atoms with Gasteiger partial charge in [0.2, 0.25) is 0 Å². The van der Waals surface area contributed by atoms with Gasteiger partial charge in [-0.05, 0) is 20.8 Å². The molecule has 0 bridgehead atoms. The lowest BCUT2D eigenvalue weighted by atomic mass is 9.97. The molecule has 1 atom stereocenters. The van der Waals surface area contributed by atoms with Crippen molar-refractivity contribution in [3.8, 4) is 0 Å². The lowest BCUT2D eigenvalue weighted by Crippen LogP contribution is -2.65. The van der Waals surface area contributed by atoms with E-state index in [1.807, 2.05) is 0 Å². The van der Waals surface area contributed by atoms with Crippen LogP contribution in [0.5, 0.6) is 0 Å². The molecular formula is C9H15F3N2O. The molecule has 88 valence electrons. The summed E-state index contributed by atoms with van der Waals surface area (Å²) in [6.07, 6.45) is -4.78. The fraction of sp³-hybridized carbons (Fsp3) is 0.889. The van der Waals surface area contributed by atoms with E-state index in [0.717, 1.165) is 4.90 Å². The molecule has 1 rings (SSSR count). The summed E-state index contributed by atoms with van der Waals surface area (Å²) in [5, 5.41) is 3.05. The number of amides is 1. The first-order chi connectivity index (χ1) is 6.64. The smallest absolute Gasteiger partial charge is 0.327 e. The van der Waals surface area contributed by atoms with Crippen molar-refractivity contribution in [1.29, 1.82) is 0 Å². The summed E-state index contributed by atoms with van der Waals surface area (Å²) in [7, 11) is 0. The summed E-state index contributed by atoms with van der Waals surface area (Å²) in [5.74, 6) is -1.75. The van der Waals surface area contributed by atoms with E-state index in [9.17, 15) is 18.0 Å². The number of carbonyl (C=O) groups excluding carboxylic acids is 1. The molecule has 1 aliphatic rings. The highest BCUT2D eigenvalue weighted by atomic mass is 19.4. The largest absolute Gasteiger partial charge is 0.471 e. The Morgan fingerprint density at radius 1 is 1.47 bits per heavy atom. The number of alkyl halides is 3. The number of hydrogen-bond donors (Lipinski definition) is 1. The molecule has 1 aliphatic heterocycles. The van der Waals surface area contributed by atoms with Gasteiger partial charge >= 0.3 is 12.1 Å². The molecule has 0 aromatic rings. The molecule has 1 amide bonds. The van der Waals surface area contributed by atoms with Crippen LogP contribution in [0.1, 0.15) is 20.8 Å². The van der Waals surface area contributed by atoms with Crippen molar-refractivity contribution in [2.24, 2.45) is 0 Å². The van der Waals surface area contributed by atoms with Crippen LogP contribution in [0.15, 0.2) is 0 Å². The number of halogens is 3. The quantitative estimate of drug-likeness (QED) is 0.669. The molecule has 15 heavy (non-hydrogen) atoms. The third kappa shape index (κ3) is 2.62. The standard InChI is InChI=1S/C9H15F3N2O/c1-6-4-14(7(15)9(10,11)12)8(2,3)5-13-6/h6,13H,4-5H2,1-3H3. The first kappa shape index (κ1) is 12.3. The van der Waals surface area contributed by atoms with Crippen molar-refractivity contribution in [2.75, 3.05) is 13.1 Å². The predicted molar refractivity (Wildman–Crippen MR) is 49.3 cm³/mol. The molecule has 1 N–H and O–H groups in total. The second-order valence-corrected chi connectivity index (χ2v) is 4.51. The van der Waals surface area contributed by atoms with Gasteiger partial charge in [-0.25, -0.2) is 0 Å². The van der Waals surface area contributed by atoms with E-state index in [-0.39, 0.29) is 12.6 Å². The summed E-state index contributed by atoms with van der Waals surface area (Å²) in [6, 6.07) is -0.107. The lowest BCUT2D eigenvalue weighted by molar-refractivity contribution is -0.192. The van der Waals surface area contributed by atoms with Crippen LogP contribution in [0.4, 0.5) is 13.2 Å². The Hall–Kier alpha value is -0.780. The SMILES string of the molecule is CC1CN(C(=O)C(F)(F)F)C(C)(C)CN1. The zero-order valence-corrected chi connectivity index (χ0v) is 8.98. The second kappa shape index (κ2) is 3.66. The van der Waals surface area contributed by atoms with E-state index in [2.05, 4.69) is 5.32 Å². The Bertz CT molecular complexity index is 263. The van der Waals surface area contributed by atoms with Crippen molar-refractivity contribution in [2.45, 2.75) is 38.5 Å². The number of nitrogens with one attached hydrogen (secondary N) is 1. The molecule has 0 saturated carbocycles. The minimum absolute atomic E-state index is 0.0886. The number of rotatable bonds is 0.